The summed E-state index contributed by atoms with van der Waals surface area (Å²) in [6, 6.07) is 3.04. The fraction of sp³-hybridized carbons (Fsp3) is 0.448. The van der Waals surface area contributed by atoms with E-state index in [0.717, 1.165) is 35.2 Å². The van der Waals surface area contributed by atoms with Gasteiger partial charge in [0.25, 0.3) is 11.8 Å². The Morgan fingerprint density at radius 2 is 1.53 bits per heavy atom. The number of rotatable bonds is 12. The maximum Gasteiger partial charge on any atom is 0.416 e. The van der Waals surface area contributed by atoms with Crippen molar-refractivity contribution in [2.45, 2.75) is 49.4 Å². The van der Waals surface area contributed by atoms with E-state index < -0.39 is 78.5 Å². The van der Waals surface area contributed by atoms with Crippen LogP contribution in [0, 0.1) is 0 Å². The topological polar surface area (TPSA) is 197 Å². The van der Waals surface area contributed by atoms with Crippen molar-refractivity contribution in [1.29, 1.82) is 0 Å². The quantitative estimate of drug-likeness (QED) is 0.176. The van der Waals surface area contributed by atoms with Crippen LogP contribution < -0.4 is 32.7 Å². The monoisotopic (exact) mass is 675 g/mol. The number of hydrogen-bond acceptors (Lipinski definition) is 8. The van der Waals surface area contributed by atoms with Gasteiger partial charge in [-0.2, -0.15) is 26.3 Å². The Morgan fingerprint density at radius 1 is 0.936 bits per heavy atom. The van der Waals surface area contributed by atoms with Crippen molar-refractivity contribution in [2.75, 3.05) is 37.7 Å². The van der Waals surface area contributed by atoms with Crippen LogP contribution in [-0.2, 0) is 26.7 Å². The molecule has 258 valence electrons. The van der Waals surface area contributed by atoms with Crippen molar-refractivity contribution in [3.05, 3.63) is 65.2 Å². The van der Waals surface area contributed by atoms with E-state index in [4.69, 9.17) is 17.2 Å². The Bertz CT molecular complexity index is 1410. The molecule has 1 aliphatic rings. The van der Waals surface area contributed by atoms with Crippen LogP contribution in [0.5, 0.6) is 0 Å². The number of aliphatic hydroxyl groups is 1. The van der Waals surface area contributed by atoms with Crippen LogP contribution >= 0.6 is 0 Å². The van der Waals surface area contributed by atoms with Gasteiger partial charge in [-0.3, -0.25) is 19.2 Å². The van der Waals surface area contributed by atoms with Crippen LogP contribution in [0.4, 0.5) is 32.0 Å². The molecular weight excluding hydrogens is 640 g/mol. The Kier molecular flexibility index (Phi) is 12.3. The van der Waals surface area contributed by atoms with Crippen LogP contribution in [0.25, 0.3) is 0 Å². The summed E-state index contributed by atoms with van der Waals surface area (Å²) in [6.07, 6.45) is -9.72. The van der Waals surface area contributed by atoms with Crippen molar-refractivity contribution in [3.8, 4) is 0 Å². The number of hydrogen-bond donors (Lipinski definition) is 6. The van der Waals surface area contributed by atoms with Gasteiger partial charge in [0, 0.05) is 55.9 Å². The minimum absolute atomic E-state index is 0.148. The molecule has 4 amide bonds. The molecule has 47 heavy (non-hydrogen) atoms. The van der Waals surface area contributed by atoms with Gasteiger partial charge in [-0.1, -0.05) is 6.07 Å². The lowest BCUT2D eigenvalue weighted by molar-refractivity contribution is -0.138. The highest BCUT2D eigenvalue weighted by Crippen LogP contribution is 2.32. The number of nitrogens with one attached hydrogen (secondary N) is 2. The van der Waals surface area contributed by atoms with E-state index in [1.165, 1.54) is 4.90 Å². The summed E-state index contributed by atoms with van der Waals surface area (Å²) >= 11 is 0. The van der Waals surface area contributed by atoms with Crippen LogP contribution in [0.2, 0.25) is 0 Å². The fourth-order valence-electron chi connectivity index (χ4n) is 4.69. The van der Waals surface area contributed by atoms with Gasteiger partial charge in [0.2, 0.25) is 11.8 Å². The second-order valence-corrected chi connectivity index (χ2v) is 10.9. The summed E-state index contributed by atoms with van der Waals surface area (Å²) in [5.74, 6) is -3.17. The Balaban J connectivity index is 1.70. The average molecular weight is 676 g/mol. The van der Waals surface area contributed by atoms with E-state index in [-0.39, 0.29) is 49.6 Å². The zero-order valence-corrected chi connectivity index (χ0v) is 24.9. The number of anilines is 1. The molecule has 1 fully saturated rings. The van der Waals surface area contributed by atoms with Gasteiger partial charge in [-0.25, -0.2) is 0 Å². The highest BCUT2D eigenvalue weighted by atomic mass is 19.4. The molecule has 4 atom stereocenters. The summed E-state index contributed by atoms with van der Waals surface area (Å²) < 4.78 is 78.9. The minimum atomic E-state index is -4.79. The number of halogens is 6. The molecule has 1 saturated heterocycles. The number of nitrogens with zero attached hydrogens (tertiary/aromatic N) is 2. The van der Waals surface area contributed by atoms with Crippen LogP contribution in [-0.4, -0.2) is 90.6 Å². The van der Waals surface area contributed by atoms with Crippen molar-refractivity contribution in [2.24, 2.45) is 17.2 Å². The number of aliphatic hydroxyl groups excluding tert-OH is 1. The number of carbonyl (C=O) groups is 4. The molecule has 9 N–H and O–H groups in total. The smallest absolute Gasteiger partial charge is 0.394 e. The molecule has 12 nitrogen and oxygen atoms in total. The SMILES string of the molecule is N[C@@H]1CN(C(=O)CC[C@H](N)C(=O)N[C@@H](CO)C(=O)N(CCNC(=O)c2ccc(C(F)(F)F)cc2)c2cccc(C(F)(F)F)c2)C[C@@H]1N. The second kappa shape index (κ2) is 15.6. The summed E-state index contributed by atoms with van der Waals surface area (Å²) in [5.41, 5.74) is 15.0. The third-order valence-electron chi connectivity index (χ3n) is 7.41. The zero-order valence-electron chi connectivity index (χ0n) is 24.9. The molecular formula is C29H35F6N7O5. The molecule has 1 aliphatic heterocycles. The molecule has 0 aromatic heterocycles. The molecule has 2 aromatic rings. The summed E-state index contributed by atoms with van der Waals surface area (Å²) in [4.78, 5) is 53.5. The predicted octanol–water partition coefficient (Wildman–Crippen LogP) is 0.569. The highest BCUT2D eigenvalue weighted by molar-refractivity contribution is 6.00. The lowest BCUT2D eigenvalue weighted by Gasteiger charge is -2.28. The number of alkyl halides is 6. The predicted molar refractivity (Wildman–Crippen MR) is 156 cm³/mol. The number of amides is 4. The summed E-state index contributed by atoms with van der Waals surface area (Å²) in [5, 5.41) is 14.6. The maximum atomic E-state index is 13.5. The first-order chi connectivity index (χ1) is 21.9. The first-order valence-electron chi connectivity index (χ1n) is 14.3. The summed E-state index contributed by atoms with van der Waals surface area (Å²) in [6.45, 7) is -1.39. The molecule has 0 unspecified atom stereocenters. The molecule has 3 rings (SSSR count). The van der Waals surface area contributed by atoms with E-state index in [1.54, 1.807) is 0 Å². The zero-order chi connectivity index (χ0) is 35.1. The molecule has 1 heterocycles. The molecule has 0 aliphatic carbocycles. The Labute approximate surface area is 265 Å². The molecule has 0 saturated carbocycles. The first kappa shape index (κ1) is 37.2. The van der Waals surface area contributed by atoms with Crippen LogP contribution in [0.15, 0.2) is 48.5 Å². The maximum absolute atomic E-state index is 13.5. The van der Waals surface area contributed by atoms with Crippen molar-refractivity contribution in [1.82, 2.24) is 15.5 Å². The number of benzene rings is 2. The highest BCUT2D eigenvalue weighted by Gasteiger charge is 2.34. The molecule has 0 bridgehead atoms. The molecule has 0 spiro atoms. The van der Waals surface area contributed by atoms with Gasteiger partial charge in [-0.05, 0) is 48.9 Å². The average Bonchev–Trinajstić information content (AvgIpc) is 3.36. The molecule has 0 radical (unpaired) electrons. The second-order valence-electron chi connectivity index (χ2n) is 10.9. The lowest BCUT2D eigenvalue weighted by Crippen LogP contribution is -2.55. The van der Waals surface area contributed by atoms with E-state index in [0.29, 0.717) is 18.2 Å². The van der Waals surface area contributed by atoms with E-state index >= 15 is 0 Å². The third kappa shape index (κ3) is 10.1. The van der Waals surface area contributed by atoms with Gasteiger partial charge < -0.3 is 42.7 Å². The number of nitrogens with two attached hydrogens (primary N) is 3. The van der Waals surface area contributed by atoms with Gasteiger partial charge in [-0.15, -0.1) is 0 Å². The van der Waals surface area contributed by atoms with Crippen LogP contribution in [0.3, 0.4) is 0 Å². The van der Waals surface area contributed by atoms with Gasteiger partial charge in [0.05, 0.1) is 23.8 Å². The Hall–Kier alpha value is -4.26. The van der Waals surface area contributed by atoms with Gasteiger partial charge >= 0.3 is 12.4 Å². The van der Waals surface area contributed by atoms with Gasteiger partial charge in [0.1, 0.15) is 6.04 Å². The molecule has 18 heteroatoms. The van der Waals surface area contributed by atoms with Crippen LogP contribution in [0.1, 0.15) is 34.3 Å². The van der Waals surface area contributed by atoms with Crippen molar-refractivity contribution in [3.63, 3.8) is 0 Å². The van der Waals surface area contributed by atoms with Crippen molar-refractivity contribution < 1.29 is 50.6 Å². The van der Waals surface area contributed by atoms with Gasteiger partial charge in [0.15, 0.2) is 0 Å². The molecule has 2 aromatic carbocycles. The van der Waals surface area contributed by atoms with Crippen molar-refractivity contribution >= 4 is 29.3 Å². The van der Waals surface area contributed by atoms with E-state index in [9.17, 15) is 50.6 Å². The lowest BCUT2D eigenvalue weighted by atomic mass is 10.1. The van der Waals surface area contributed by atoms with E-state index in [1.807, 2.05) is 0 Å². The third-order valence-corrected chi connectivity index (χ3v) is 7.41. The Morgan fingerprint density at radius 3 is 2.09 bits per heavy atom. The number of carbonyl (C=O) groups excluding carboxylic acids is 4. The van der Waals surface area contributed by atoms with E-state index in [2.05, 4.69) is 10.6 Å². The first-order valence-corrected chi connectivity index (χ1v) is 14.3. The fourth-order valence-corrected chi connectivity index (χ4v) is 4.69. The largest absolute Gasteiger partial charge is 0.416 e. The standard InChI is InChI=1S/C29H35F6N7O5/c30-28(31,32)17-6-4-16(5-7-17)25(45)39-10-11-42(19-3-1-2-18(12-19)29(33,34)35)27(47)23(15-43)40-26(46)20(36)8-9-24(44)41-13-21(37)22(38)14-41/h1-7,12,20-23,43H,8-11,13-15,36-38H2,(H,39,45)(H,40,46)/t20-,21-,22+,23-/m0/s1. The normalized spacial score (nSPS) is 18.0. The summed E-state index contributed by atoms with van der Waals surface area (Å²) in [7, 11) is 0. The number of likely N-dealkylation sites (tertiary alicyclic amines) is 1. The minimum Gasteiger partial charge on any atom is -0.394 e.